The third kappa shape index (κ3) is 26.1. The molecule has 2 nitrogen and oxygen atoms in total. The number of carbonyl (C=O) groups excluding carboxylic acids is 2. The summed E-state index contributed by atoms with van der Waals surface area (Å²) in [7, 11) is 0. The van der Waals surface area contributed by atoms with Crippen molar-refractivity contribution < 1.29 is 28.1 Å². The van der Waals surface area contributed by atoms with E-state index in [1.54, 1.807) is 12.2 Å². The smallest absolute Gasteiger partial charge is 0.299 e. The van der Waals surface area contributed by atoms with Gasteiger partial charge in [-0.1, -0.05) is 34.4 Å². The SMILES string of the molecule is CC(C)=CCC/C(C)=C\C=O.CC(C)=CCC/C(C)=C\C=O.[V+5]. The molecule has 23 heavy (non-hydrogen) atoms. The van der Waals surface area contributed by atoms with E-state index >= 15 is 0 Å². The van der Waals surface area contributed by atoms with Crippen molar-refractivity contribution in [2.24, 2.45) is 0 Å². The summed E-state index contributed by atoms with van der Waals surface area (Å²) in [6, 6.07) is 0. The van der Waals surface area contributed by atoms with Gasteiger partial charge in [0.15, 0.2) is 0 Å². The average Bonchev–Trinajstić information content (AvgIpc) is 2.39. The third-order valence-electron chi connectivity index (χ3n) is 2.89. The van der Waals surface area contributed by atoms with E-state index in [-0.39, 0.29) is 18.6 Å². The third-order valence-corrected chi connectivity index (χ3v) is 2.89. The number of aldehydes is 2. The Kier molecular flexibility index (Phi) is 22.0. The molecule has 0 amide bonds. The average molecular weight is 355 g/mol. The van der Waals surface area contributed by atoms with Crippen LogP contribution in [0, 0.1) is 0 Å². The number of hydrogen-bond acceptors (Lipinski definition) is 2. The zero-order valence-corrected chi connectivity index (χ0v) is 17.0. The second-order valence-corrected chi connectivity index (χ2v) is 5.94. The van der Waals surface area contributed by atoms with Crippen molar-refractivity contribution in [2.75, 3.05) is 0 Å². The first-order chi connectivity index (χ1) is 10.3. The standard InChI is InChI=1S/2C10H16O.V/c2*1-9(2)5-4-6-10(3)7-8-11;/h2*5,7-8H,4,6H2,1-3H3;/q;;+5/b2*10-7-;. The van der Waals surface area contributed by atoms with E-state index in [0.717, 1.165) is 49.4 Å². The van der Waals surface area contributed by atoms with Gasteiger partial charge in [-0.3, -0.25) is 9.59 Å². The fraction of sp³-hybridized carbons (Fsp3) is 0.500. The van der Waals surface area contributed by atoms with Crippen LogP contribution in [0.5, 0.6) is 0 Å². The molecule has 0 aromatic heterocycles. The molecular formula is C20H32O2V+5. The van der Waals surface area contributed by atoms with Crippen molar-refractivity contribution in [3.63, 3.8) is 0 Å². The summed E-state index contributed by atoms with van der Waals surface area (Å²) in [5, 5.41) is 0. The Morgan fingerprint density at radius 1 is 0.652 bits per heavy atom. The zero-order chi connectivity index (χ0) is 17.4. The van der Waals surface area contributed by atoms with Crippen LogP contribution in [0.1, 0.15) is 67.2 Å². The minimum Gasteiger partial charge on any atom is -0.299 e. The number of rotatable bonds is 8. The summed E-state index contributed by atoms with van der Waals surface area (Å²) in [6.07, 6.45) is 13.4. The van der Waals surface area contributed by atoms with Crippen molar-refractivity contribution in [3.8, 4) is 0 Å². The van der Waals surface area contributed by atoms with Gasteiger partial charge in [-0.15, -0.1) is 0 Å². The van der Waals surface area contributed by atoms with Crippen LogP contribution < -0.4 is 0 Å². The summed E-state index contributed by atoms with van der Waals surface area (Å²) in [5.74, 6) is 0. The topological polar surface area (TPSA) is 34.1 Å². The van der Waals surface area contributed by atoms with Gasteiger partial charge in [0.05, 0.1) is 0 Å². The van der Waals surface area contributed by atoms with E-state index in [1.165, 1.54) is 11.1 Å². The summed E-state index contributed by atoms with van der Waals surface area (Å²) < 4.78 is 0. The molecule has 0 heterocycles. The van der Waals surface area contributed by atoms with Gasteiger partial charge >= 0.3 is 18.6 Å². The molecule has 0 N–H and O–H groups in total. The molecule has 0 aromatic carbocycles. The Morgan fingerprint density at radius 2 is 0.957 bits per heavy atom. The predicted molar refractivity (Wildman–Crippen MR) is 97.0 cm³/mol. The second-order valence-electron chi connectivity index (χ2n) is 5.94. The van der Waals surface area contributed by atoms with Crippen LogP contribution in [-0.2, 0) is 28.1 Å². The maximum atomic E-state index is 10.0. The van der Waals surface area contributed by atoms with Crippen molar-refractivity contribution in [1.29, 1.82) is 0 Å². The van der Waals surface area contributed by atoms with E-state index in [9.17, 15) is 9.59 Å². The van der Waals surface area contributed by atoms with Crippen LogP contribution in [-0.4, -0.2) is 12.6 Å². The fourth-order valence-electron chi connectivity index (χ4n) is 1.58. The van der Waals surface area contributed by atoms with Gasteiger partial charge < -0.3 is 0 Å². The molecule has 0 radical (unpaired) electrons. The molecule has 0 aromatic rings. The van der Waals surface area contributed by atoms with Crippen LogP contribution in [0.4, 0.5) is 0 Å². The Balaban J connectivity index is -0.000000333. The van der Waals surface area contributed by atoms with E-state index in [2.05, 4.69) is 39.8 Å². The molecule has 0 aliphatic carbocycles. The van der Waals surface area contributed by atoms with Gasteiger partial charge in [-0.2, -0.15) is 0 Å². The molecular weight excluding hydrogens is 323 g/mol. The molecule has 0 saturated heterocycles. The summed E-state index contributed by atoms with van der Waals surface area (Å²) in [4.78, 5) is 20.0. The molecule has 3 heteroatoms. The van der Waals surface area contributed by atoms with Crippen LogP contribution in [0.3, 0.4) is 0 Å². The minimum atomic E-state index is 0. The van der Waals surface area contributed by atoms with Crippen molar-refractivity contribution in [3.05, 3.63) is 46.6 Å². The largest absolute Gasteiger partial charge is 5.00 e. The Labute approximate surface area is 154 Å². The maximum absolute atomic E-state index is 10.0. The van der Waals surface area contributed by atoms with Gasteiger partial charge in [0.2, 0.25) is 0 Å². The van der Waals surface area contributed by atoms with Gasteiger partial charge in [0.25, 0.3) is 0 Å². The van der Waals surface area contributed by atoms with E-state index < -0.39 is 0 Å². The van der Waals surface area contributed by atoms with Crippen molar-refractivity contribution >= 4 is 12.6 Å². The molecule has 0 saturated carbocycles. The molecule has 0 spiro atoms. The van der Waals surface area contributed by atoms with Gasteiger partial charge in [-0.05, 0) is 79.4 Å². The summed E-state index contributed by atoms with van der Waals surface area (Å²) >= 11 is 0. The van der Waals surface area contributed by atoms with Crippen LogP contribution in [0.25, 0.3) is 0 Å². The van der Waals surface area contributed by atoms with Crippen LogP contribution >= 0.6 is 0 Å². The van der Waals surface area contributed by atoms with E-state index in [1.807, 2.05) is 13.8 Å². The number of allylic oxidation sites excluding steroid dienone is 8. The van der Waals surface area contributed by atoms with Crippen LogP contribution in [0.2, 0.25) is 0 Å². The molecule has 124 valence electrons. The Morgan fingerprint density at radius 3 is 1.17 bits per heavy atom. The zero-order valence-electron chi connectivity index (χ0n) is 15.6. The van der Waals surface area contributed by atoms with Crippen LogP contribution in [0.15, 0.2) is 46.6 Å². The molecule has 0 aliphatic rings. The van der Waals surface area contributed by atoms with Gasteiger partial charge in [0.1, 0.15) is 12.6 Å². The van der Waals surface area contributed by atoms with Gasteiger partial charge in [-0.25, -0.2) is 0 Å². The molecule has 0 fully saturated rings. The molecule has 0 aliphatic heterocycles. The first-order valence-corrected chi connectivity index (χ1v) is 7.82. The first kappa shape index (κ1) is 26.8. The molecule has 0 bridgehead atoms. The van der Waals surface area contributed by atoms with Gasteiger partial charge in [0, 0.05) is 0 Å². The fourth-order valence-corrected chi connectivity index (χ4v) is 1.58. The molecule has 0 rings (SSSR count). The summed E-state index contributed by atoms with van der Waals surface area (Å²) in [5.41, 5.74) is 4.97. The number of hydrogen-bond donors (Lipinski definition) is 0. The van der Waals surface area contributed by atoms with Crippen molar-refractivity contribution in [2.45, 2.75) is 67.2 Å². The molecule has 0 atom stereocenters. The Bertz CT molecular complexity index is 391. The first-order valence-electron chi connectivity index (χ1n) is 7.82. The van der Waals surface area contributed by atoms with E-state index in [4.69, 9.17) is 0 Å². The van der Waals surface area contributed by atoms with E-state index in [0.29, 0.717) is 0 Å². The quantitative estimate of drug-likeness (QED) is 0.315. The maximum Gasteiger partial charge on any atom is 5.00 e. The normalized spacial score (nSPS) is 10.5. The monoisotopic (exact) mass is 355 g/mol. The Hall–Kier alpha value is -1.12. The summed E-state index contributed by atoms with van der Waals surface area (Å²) in [6.45, 7) is 12.3. The minimum absolute atomic E-state index is 0. The second kappa shape index (κ2) is 18.9. The number of carbonyl (C=O) groups is 2. The molecule has 0 unspecified atom stereocenters. The van der Waals surface area contributed by atoms with Crippen molar-refractivity contribution in [1.82, 2.24) is 0 Å². The predicted octanol–water partition coefficient (Wildman–Crippen LogP) is 5.75.